The number of aromatic nitrogens is 2. The average Bonchev–Trinajstić information content (AvgIpc) is 2.32. The summed E-state index contributed by atoms with van der Waals surface area (Å²) in [6.45, 7) is 1.48. The molecular weight excluding hydrogens is 257 g/mol. The van der Waals surface area contributed by atoms with E-state index in [0.29, 0.717) is 10.6 Å². The minimum absolute atomic E-state index is 0.133. The van der Waals surface area contributed by atoms with Crippen LogP contribution in [0.1, 0.15) is 18.1 Å². The van der Waals surface area contributed by atoms with Gasteiger partial charge in [-0.1, -0.05) is 11.6 Å². The Balaban J connectivity index is 2.57. The van der Waals surface area contributed by atoms with Crippen LogP contribution in [0.4, 0.5) is 10.2 Å². The zero-order chi connectivity index (χ0) is 13.3. The molecule has 1 atom stereocenters. The minimum atomic E-state index is -1.52. The van der Waals surface area contributed by atoms with E-state index < -0.39 is 11.4 Å². The number of halogens is 2. The van der Waals surface area contributed by atoms with Gasteiger partial charge in [-0.2, -0.15) is 0 Å². The third-order valence-electron chi connectivity index (χ3n) is 2.68. The lowest BCUT2D eigenvalue weighted by molar-refractivity contribution is 0.102. The monoisotopic (exact) mass is 267 g/mol. The maximum atomic E-state index is 13.1. The van der Waals surface area contributed by atoms with Crippen LogP contribution < -0.4 is 5.73 Å². The van der Waals surface area contributed by atoms with Gasteiger partial charge < -0.3 is 10.8 Å². The van der Waals surface area contributed by atoms with Gasteiger partial charge in [0.2, 0.25) is 0 Å². The Morgan fingerprint density at radius 2 is 2.06 bits per heavy atom. The van der Waals surface area contributed by atoms with Crippen molar-refractivity contribution in [2.24, 2.45) is 0 Å². The number of nitrogen functional groups attached to an aromatic ring is 1. The standard InChI is InChI=1S/C12H11ClFN3O/c1-12(18,7-2-9(14)6-16-4-7)10-3-8(13)5-17-11(10)15/h2-6,18H,1H3,(H2,15,17). The summed E-state index contributed by atoms with van der Waals surface area (Å²) in [5.74, 6) is -0.407. The highest BCUT2D eigenvalue weighted by Gasteiger charge is 2.29. The molecule has 0 radical (unpaired) electrons. The third-order valence-corrected chi connectivity index (χ3v) is 2.88. The molecule has 18 heavy (non-hydrogen) atoms. The van der Waals surface area contributed by atoms with Crippen LogP contribution >= 0.6 is 11.6 Å². The molecule has 0 aliphatic carbocycles. The van der Waals surface area contributed by atoms with Gasteiger partial charge in [-0.25, -0.2) is 9.37 Å². The molecule has 0 spiro atoms. The van der Waals surface area contributed by atoms with E-state index in [9.17, 15) is 9.50 Å². The molecule has 2 aromatic heterocycles. The number of nitrogens with two attached hydrogens (primary N) is 1. The molecule has 6 heteroatoms. The van der Waals surface area contributed by atoms with Crippen molar-refractivity contribution in [2.75, 3.05) is 5.73 Å². The average molecular weight is 268 g/mol. The number of hydrogen-bond acceptors (Lipinski definition) is 4. The van der Waals surface area contributed by atoms with Crippen LogP contribution in [0.5, 0.6) is 0 Å². The summed E-state index contributed by atoms with van der Waals surface area (Å²) in [6, 6.07) is 2.68. The van der Waals surface area contributed by atoms with Crippen LogP contribution in [-0.4, -0.2) is 15.1 Å². The quantitative estimate of drug-likeness (QED) is 0.874. The van der Waals surface area contributed by atoms with Crippen LogP contribution in [0.25, 0.3) is 0 Å². The molecule has 0 aliphatic heterocycles. The highest BCUT2D eigenvalue weighted by Crippen LogP contribution is 2.33. The number of anilines is 1. The van der Waals surface area contributed by atoms with E-state index in [4.69, 9.17) is 17.3 Å². The molecule has 4 nitrogen and oxygen atoms in total. The SMILES string of the molecule is CC(O)(c1cncc(F)c1)c1cc(Cl)cnc1N. The zero-order valence-electron chi connectivity index (χ0n) is 9.56. The summed E-state index contributed by atoms with van der Waals surface area (Å²) in [4.78, 5) is 7.56. The van der Waals surface area contributed by atoms with Gasteiger partial charge in [0.1, 0.15) is 17.2 Å². The Bertz CT molecular complexity index is 589. The van der Waals surface area contributed by atoms with Gasteiger partial charge in [-0.15, -0.1) is 0 Å². The van der Waals surface area contributed by atoms with E-state index in [1.807, 2.05) is 0 Å². The maximum absolute atomic E-state index is 13.1. The smallest absolute Gasteiger partial charge is 0.141 e. The summed E-state index contributed by atoms with van der Waals surface area (Å²) >= 11 is 5.82. The first-order valence-electron chi connectivity index (χ1n) is 5.16. The summed E-state index contributed by atoms with van der Waals surface area (Å²) in [7, 11) is 0. The molecule has 0 aromatic carbocycles. The first-order valence-corrected chi connectivity index (χ1v) is 5.54. The van der Waals surface area contributed by atoms with Crippen molar-refractivity contribution in [1.82, 2.24) is 9.97 Å². The Morgan fingerprint density at radius 1 is 1.33 bits per heavy atom. The van der Waals surface area contributed by atoms with Crippen molar-refractivity contribution < 1.29 is 9.50 Å². The van der Waals surface area contributed by atoms with Gasteiger partial charge in [0.15, 0.2) is 0 Å². The van der Waals surface area contributed by atoms with E-state index in [1.54, 1.807) is 0 Å². The second kappa shape index (κ2) is 4.51. The second-order valence-electron chi connectivity index (χ2n) is 4.05. The molecule has 0 saturated carbocycles. The van der Waals surface area contributed by atoms with Gasteiger partial charge >= 0.3 is 0 Å². The first-order chi connectivity index (χ1) is 8.41. The molecule has 2 aromatic rings. The van der Waals surface area contributed by atoms with Gasteiger partial charge in [-0.05, 0) is 19.1 Å². The lowest BCUT2D eigenvalue weighted by atomic mass is 9.89. The number of hydrogen-bond donors (Lipinski definition) is 2. The molecule has 2 rings (SSSR count). The van der Waals surface area contributed by atoms with Crippen molar-refractivity contribution in [3.63, 3.8) is 0 Å². The van der Waals surface area contributed by atoms with Crippen LogP contribution in [0.3, 0.4) is 0 Å². The molecule has 0 fully saturated rings. The summed E-state index contributed by atoms with van der Waals surface area (Å²) in [6.07, 6.45) is 3.79. The van der Waals surface area contributed by atoms with E-state index in [1.165, 1.54) is 31.5 Å². The van der Waals surface area contributed by atoms with Crippen molar-refractivity contribution in [3.05, 3.63) is 52.7 Å². The Hall–Kier alpha value is -1.72. The minimum Gasteiger partial charge on any atom is -0.383 e. The molecule has 2 heterocycles. The van der Waals surface area contributed by atoms with Crippen LogP contribution in [0, 0.1) is 5.82 Å². The zero-order valence-corrected chi connectivity index (χ0v) is 10.3. The predicted molar refractivity (Wildman–Crippen MR) is 66.5 cm³/mol. The molecule has 1 unspecified atom stereocenters. The predicted octanol–water partition coefficient (Wildman–Crippen LogP) is 2.11. The second-order valence-corrected chi connectivity index (χ2v) is 4.49. The van der Waals surface area contributed by atoms with Crippen LogP contribution in [-0.2, 0) is 5.60 Å². The van der Waals surface area contributed by atoms with Crippen molar-refractivity contribution >= 4 is 17.4 Å². The lowest BCUT2D eigenvalue weighted by Crippen LogP contribution is -2.25. The lowest BCUT2D eigenvalue weighted by Gasteiger charge is -2.25. The molecule has 0 bridgehead atoms. The van der Waals surface area contributed by atoms with Gasteiger partial charge in [0.25, 0.3) is 0 Å². The van der Waals surface area contributed by atoms with Gasteiger partial charge in [0.05, 0.1) is 11.2 Å². The summed E-state index contributed by atoms with van der Waals surface area (Å²) < 4.78 is 13.1. The first kappa shape index (κ1) is 12.7. The molecule has 3 N–H and O–H groups in total. The Morgan fingerprint density at radius 3 is 2.72 bits per heavy atom. The highest BCUT2D eigenvalue weighted by molar-refractivity contribution is 6.30. The molecule has 0 amide bonds. The number of nitrogens with zero attached hydrogens (tertiary/aromatic N) is 2. The molecule has 0 aliphatic rings. The van der Waals surface area contributed by atoms with Crippen LogP contribution in [0.2, 0.25) is 5.02 Å². The Kier molecular flexibility index (Phi) is 3.19. The highest BCUT2D eigenvalue weighted by atomic mass is 35.5. The van der Waals surface area contributed by atoms with Crippen molar-refractivity contribution in [2.45, 2.75) is 12.5 Å². The molecular formula is C12H11ClFN3O. The van der Waals surface area contributed by atoms with Gasteiger partial charge in [0, 0.05) is 23.5 Å². The molecule has 94 valence electrons. The Labute approximate surface area is 108 Å². The fourth-order valence-corrected chi connectivity index (χ4v) is 1.83. The number of rotatable bonds is 2. The largest absolute Gasteiger partial charge is 0.383 e. The van der Waals surface area contributed by atoms with Gasteiger partial charge in [-0.3, -0.25) is 4.98 Å². The van der Waals surface area contributed by atoms with Crippen molar-refractivity contribution in [1.29, 1.82) is 0 Å². The van der Waals surface area contributed by atoms with E-state index in [-0.39, 0.29) is 11.4 Å². The summed E-state index contributed by atoms with van der Waals surface area (Å²) in [5.41, 5.74) is 4.77. The summed E-state index contributed by atoms with van der Waals surface area (Å²) in [5, 5.41) is 10.8. The number of aliphatic hydroxyl groups is 1. The topological polar surface area (TPSA) is 72.0 Å². The van der Waals surface area contributed by atoms with Crippen molar-refractivity contribution in [3.8, 4) is 0 Å². The molecule has 0 saturated heterocycles. The van der Waals surface area contributed by atoms with Crippen LogP contribution in [0.15, 0.2) is 30.7 Å². The maximum Gasteiger partial charge on any atom is 0.141 e. The normalized spacial score (nSPS) is 14.2. The van der Waals surface area contributed by atoms with E-state index in [0.717, 1.165) is 6.20 Å². The van der Waals surface area contributed by atoms with E-state index >= 15 is 0 Å². The fourth-order valence-electron chi connectivity index (χ4n) is 1.67. The number of pyridine rings is 2. The van der Waals surface area contributed by atoms with E-state index in [2.05, 4.69) is 9.97 Å². The third kappa shape index (κ3) is 2.27. The fraction of sp³-hybridized carbons (Fsp3) is 0.167.